The lowest BCUT2D eigenvalue weighted by Gasteiger charge is -2.43. The molecule has 1 aliphatic heterocycles. The van der Waals surface area contributed by atoms with Crippen molar-refractivity contribution in [3.05, 3.63) is 0 Å². The normalized spacial score (nSPS) is 32.2. The Morgan fingerprint density at radius 2 is 2.00 bits per heavy atom. The third kappa shape index (κ3) is 4.23. The minimum atomic E-state index is -3.40. The number of carboxylic acids is 1. The Morgan fingerprint density at radius 1 is 1.30 bits per heavy atom. The molecule has 0 aromatic carbocycles. The van der Waals surface area contributed by atoms with Crippen LogP contribution in [0.2, 0.25) is 0 Å². The SMILES string of the molecule is CC1CCCN1S(=O)(=O)NC1CC(N(CC(=O)O)CC2CC2)C1. The minimum Gasteiger partial charge on any atom is -0.480 e. The lowest BCUT2D eigenvalue weighted by molar-refractivity contribution is -0.139. The monoisotopic (exact) mass is 345 g/mol. The van der Waals surface area contributed by atoms with E-state index in [1.165, 1.54) is 12.8 Å². The van der Waals surface area contributed by atoms with E-state index in [2.05, 4.69) is 4.72 Å². The molecule has 0 spiro atoms. The Morgan fingerprint density at radius 3 is 2.52 bits per heavy atom. The highest BCUT2D eigenvalue weighted by atomic mass is 32.2. The van der Waals surface area contributed by atoms with E-state index in [0.29, 0.717) is 25.3 Å². The van der Waals surface area contributed by atoms with Crippen LogP contribution in [0.4, 0.5) is 0 Å². The van der Waals surface area contributed by atoms with Crippen LogP contribution in [0.15, 0.2) is 0 Å². The van der Waals surface area contributed by atoms with E-state index in [9.17, 15) is 13.2 Å². The summed E-state index contributed by atoms with van der Waals surface area (Å²) in [4.78, 5) is 13.0. The topological polar surface area (TPSA) is 90.0 Å². The van der Waals surface area contributed by atoms with Crippen LogP contribution in [0.1, 0.15) is 45.4 Å². The van der Waals surface area contributed by atoms with Crippen LogP contribution >= 0.6 is 0 Å². The molecule has 1 atom stereocenters. The Bertz CT molecular complexity index is 543. The van der Waals surface area contributed by atoms with Gasteiger partial charge in [-0.15, -0.1) is 0 Å². The standard InChI is InChI=1S/C15H27N3O4S/c1-11-3-2-6-18(11)23(21,22)16-13-7-14(8-13)17(10-15(19)20)9-12-4-5-12/h11-14,16H,2-10H2,1H3,(H,19,20). The average Bonchev–Trinajstić information content (AvgIpc) is 3.10. The van der Waals surface area contributed by atoms with Crippen LogP contribution in [-0.4, -0.2) is 66.5 Å². The van der Waals surface area contributed by atoms with Gasteiger partial charge in [0.2, 0.25) is 0 Å². The summed E-state index contributed by atoms with van der Waals surface area (Å²) in [6.45, 7) is 3.43. The Balaban J connectivity index is 1.50. The first kappa shape index (κ1) is 17.1. The summed E-state index contributed by atoms with van der Waals surface area (Å²) in [6, 6.07) is 0.199. The fraction of sp³-hybridized carbons (Fsp3) is 0.933. The Labute approximate surface area is 138 Å². The van der Waals surface area contributed by atoms with Gasteiger partial charge < -0.3 is 5.11 Å². The van der Waals surface area contributed by atoms with Crippen molar-refractivity contribution in [3.63, 3.8) is 0 Å². The zero-order valence-electron chi connectivity index (χ0n) is 13.6. The number of hydrogen-bond acceptors (Lipinski definition) is 4. The van der Waals surface area contributed by atoms with E-state index in [1.807, 2.05) is 11.8 Å². The van der Waals surface area contributed by atoms with Gasteiger partial charge in [-0.05, 0) is 51.4 Å². The second kappa shape index (κ2) is 6.66. The number of carbonyl (C=O) groups is 1. The quantitative estimate of drug-likeness (QED) is 0.673. The maximum absolute atomic E-state index is 12.4. The highest BCUT2D eigenvalue weighted by Crippen LogP contribution is 2.34. The fourth-order valence-corrected chi connectivity index (χ4v) is 5.37. The van der Waals surface area contributed by atoms with Crippen molar-refractivity contribution in [2.24, 2.45) is 5.92 Å². The predicted molar refractivity (Wildman–Crippen MR) is 86.2 cm³/mol. The molecular weight excluding hydrogens is 318 g/mol. The molecule has 0 aromatic heterocycles. The smallest absolute Gasteiger partial charge is 0.317 e. The van der Waals surface area contributed by atoms with Crippen LogP contribution in [0.5, 0.6) is 0 Å². The molecule has 2 N–H and O–H groups in total. The summed E-state index contributed by atoms with van der Waals surface area (Å²) >= 11 is 0. The zero-order valence-corrected chi connectivity index (χ0v) is 14.5. The summed E-state index contributed by atoms with van der Waals surface area (Å²) < 4.78 is 29.1. The van der Waals surface area contributed by atoms with E-state index in [0.717, 1.165) is 19.4 Å². The first-order valence-electron chi connectivity index (χ1n) is 8.60. The van der Waals surface area contributed by atoms with Crippen LogP contribution in [0.25, 0.3) is 0 Å². The van der Waals surface area contributed by atoms with E-state index in [1.54, 1.807) is 4.31 Å². The second-order valence-corrected chi connectivity index (χ2v) is 8.97. The van der Waals surface area contributed by atoms with Crippen molar-refractivity contribution in [2.75, 3.05) is 19.6 Å². The predicted octanol–water partition coefficient (Wildman–Crippen LogP) is 0.633. The first-order chi connectivity index (χ1) is 10.8. The van der Waals surface area contributed by atoms with E-state index in [4.69, 9.17) is 5.11 Å². The van der Waals surface area contributed by atoms with Crippen LogP contribution in [0, 0.1) is 5.92 Å². The summed E-state index contributed by atoms with van der Waals surface area (Å²) in [7, 11) is -3.40. The lowest BCUT2D eigenvalue weighted by atomic mass is 9.86. The molecular formula is C15H27N3O4S. The molecule has 0 radical (unpaired) electrons. The van der Waals surface area contributed by atoms with Crippen molar-refractivity contribution >= 4 is 16.2 Å². The molecule has 1 heterocycles. The fourth-order valence-electron chi connectivity index (χ4n) is 3.67. The molecule has 3 fully saturated rings. The van der Waals surface area contributed by atoms with Crippen molar-refractivity contribution in [3.8, 4) is 0 Å². The van der Waals surface area contributed by atoms with Gasteiger partial charge in [-0.1, -0.05) is 0 Å². The molecule has 3 aliphatic rings. The molecule has 2 saturated carbocycles. The highest BCUT2D eigenvalue weighted by Gasteiger charge is 2.40. The van der Waals surface area contributed by atoms with Crippen LogP contribution in [-0.2, 0) is 15.0 Å². The number of carboxylic acid groups (broad SMARTS) is 1. The molecule has 2 aliphatic carbocycles. The molecule has 8 heteroatoms. The maximum Gasteiger partial charge on any atom is 0.317 e. The molecule has 3 rings (SSSR count). The summed E-state index contributed by atoms with van der Waals surface area (Å²) in [6.07, 6.45) is 5.63. The van der Waals surface area contributed by atoms with Gasteiger partial charge in [0.1, 0.15) is 0 Å². The lowest BCUT2D eigenvalue weighted by Crippen LogP contribution is -2.57. The van der Waals surface area contributed by atoms with Crippen LogP contribution in [0.3, 0.4) is 0 Å². The number of hydrogen-bond donors (Lipinski definition) is 2. The van der Waals surface area contributed by atoms with Gasteiger partial charge in [0.05, 0.1) is 6.54 Å². The van der Waals surface area contributed by atoms with Crippen molar-refractivity contribution in [1.29, 1.82) is 0 Å². The highest BCUT2D eigenvalue weighted by molar-refractivity contribution is 7.87. The molecule has 0 aromatic rings. The first-order valence-corrected chi connectivity index (χ1v) is 10.0. The molecule has 1 saturated heterocycles. The second-order valence-electron chi connectivity index (χ2n) is 7.31. The van der Waals surface area contributed by atoms with Gasteiger partial charge in [-0.25, -0.2) is 0 Å². The van der Waals surface area contributed by atoms with Gasteiger partial charge >= 0.3 is 5.97 Å². The van der Waals surface area contributed by atoms with Crippen molar-refractivity contribution in [1.82, 2.24) is 13.9 Å². The van der Waals surface area contributed by atoms with Gasteiger partial charge in [-0.3, -0.25) is 9.69 Å². The largest absolute Gasteiger partial charge is 0.480 e. The number of rotatable bonds is 8. The molecule has 23 heavy (non-hydrogen) atoms. The van der Waals surface area contributed by atoms with Crippen LogP contribution < -0.4 is 4.72 Å². The van der Waals surface area contributed by atoms with Crippen molar-refractivity contribution in [2.45, 2.75) is 63.6 Å². The van der Waals surface area contributed by atoms with Gasteiger partial charge in [0.15, 0.2) is 0 Å². The summed E-state index contributed by atoms with van der Waals surface area (Å²) in [5.74, 6) is -0.170. The Hall–Kier alpha value is -0.700. The van der Waals surface area contributed by atoms with E-state index >= 15 is 0 Å². The molecule has 132 valence electrons. The van der Waals surface area contributed by atoms with Gasteiger partial charge in [0, 0.05) is 31.2 Å². The Kier molecular flexibility index (Phi) is 4.96. The summed E-state index contributed by atoms with van der Waals surface area (Å²) in [5.41, 5.74) is 0. The number of nitrogens with one attached hydrogen (secondary N) is 1. The molecule has 0 bridgehead atoms. The summed E-state index contributed by atoms with van der Waals surface area (Å²) in [5, 5.41) is 9.05. The molecule has 1 unspecified atom stereocenters. The number of nitrogens with zero attached hydrogens (tertiary/aromatic N) is 2. The van der Waals surface area contributed by atoms with E-state index in [-0.39, 0.29) is 24.7 Å². The van der Waals surface area contributed by atoms with Gasteiger partial charge in [-0.2, -0.15) is 17.4 Å². The maximum atomic E-state index is 12.4. The third-order valence-corrected chi connectivity index (χ3v) is 7.07. The average molecular weight is 345 g/mol. The van der Waals surface area contributed by atoms with Gasteiger partial charge in [0.25, 0.3) is 10.2 Å². The molecule has 0 amide bonds. The zero-order chi connectivity index (χ0) is 16.6. The number of aliphatic carboxylic acids is 1. The minimum absolute atomic E-state index is 0.0593. The third-order valence-electron chi connectivity index (χ3n) is 5.27. The van der Waals surface area contributed by atoms with Crippen molar-refractivity contribution < 1.29 is 18.3 Å². The van der Waals surface area contributed by atoms with E-state index < -0.39 is 16.2 Å². The molecule has 7 nitrogen and oxygen atoms in total.